The number of rotatable bonds is 3. The van der Waals surface area contributed by atoms with Crippen molar-refractivity contribution >= 4 is 11.9 Å². The van der Waals surface area contributed by atoms with Crippen molar-refractivity contribution in [3.05, 3.63) is 35.6 Å². The first kappa shape index (κ1) is 13.5. The van der Waals surface area contributed by atoms with Crippen LogP contribution in [-0.4, -0.2) is 49.7 Å². The number of halogens is 1. The van der Waals surface area contributed by atoms with Crippen molar-refractivity contribution in [3.8, 4) is 0 Å². The second-order valence-corrected chi connectivity index (χ2v) is 4.05. The molecule has 1 fully saturated rings. The van der Waals surface area contributed by atoms with E-state index in [-0.39, 0.29) is 18.1 Å². The molecule has 0 saturated carbocycles. The summed E-state index contributed by atoms with van der Waals surface area (Å²) >= 11 is 0. The van der Waals surface area contributed by atoms with Gasteiger partial charge >= 0.3 is 5.97 Å². The summed E-state index contributed by atoms with van der Waals surface area (Å²) in [5.41, 5.74) is -0.169. The minimum Gasteiger partial charge on any atom is -0.452 e. The first-order chi connectivity index (χ1) is 9.18. The quantitative estimate of drug-likeness (QED) is 0.762. The lowest BCUT2D eigenvalue weighted by atomic mass is 10.2. The lowest BCUT2D eigenvalue weighted by molar-refractivity contribution is -0.138. The first-order valence-electron chi connectivity index (χ1n) is 5.95. The van der Waals surface area contributed by atoms with E-state index in [0.717, 1.165) is 0 Å². The SMILES string of the molecule is O=C(OCC(=O)N1CCOCC1)c1ccccc1F. The van der Waals surface area contributed by atoms with Crippen LogP contribution in [0.5, 0.6) is 0 Å². The molecule has 6 heteroatoms. The number of hydrogen-bond donors (Lipinski definition) is 0. The Balaban J connectivity index is 1.86. The van der Waals surface area contributed by atoms with Crippen LogP contribution in [0.2, 0.25) is 0 Å². The van der Waals surface area contributed by atoms with Gasteiger partial charge in [0.15, 0.2) is 6.61 Å². The normalized spacial score (nSPS) is 15.1. The predicted molar refractivity (Wildman–Crippen MR) is 64.1 cm³/mol. The van der Waals surface area contributed by atoms with Gasteiger partial charge in [0.05, 0.1) is 18.8 Å². The highest BCUT2D eigenvalue weighted by Gasteiger charge is 2.19. The van der Waals surface area contributed by atoms with E-state index in [2.05, 4.69) is 0 Å². The topological polar surface area (TPSA) is 55.8 Å². The summed E-state index contributed by atoms with van der Waals surface area (Å²) in [6.07, 6.45) is 0. The molecular formula is C13H14FNO4. The van der Waals surface area contributed by atoms with Crippen LogP contribution in [-0.2, 0) is 14.3 Å². The van der Waals surface area contributed by atoms with Crippen molar-refractivity contribution in [2.45, 2.75) is 0 Å². The number of esters is 1. The lowest BCUT2D eigenvalue weighted by Crippen LogP contribution is -2.42. The third-order valence-corrected chi connectivity index (χ3v) is 2.78. The van der Waals surface area contributed by atoms with Crippen molar-refractivity contribution < 1.29 is 23.5 Å². The number of benzene rings is 1. The van der Waals surface area contributed by atoms with Crippen LogP contribution in [0.3, 0.4) is 0 Å². The average molecular weight is 267 g/mol. The van der Waals surface area contributed by atoms with Gasteiger partial charge in [-0.15, -0.1) is 0 Å². The molecule has 0 atom stereocenters. The van der Waals surface area contributed by atoms with Gasteiger partial charge in [-0.3, -0.25) is 4.79 Å². The first-order valence-corrected chi connectivity index (χ1v) is 5.95. The molecule has 1 saturated heterocycles. The van der Waals surface area contributed by atoms with Gasteiger partial charge < -0.3 is 14.4 Å². The molecule has 5 nitrogen and oxygen atoms in total. The molecule has 1 amide bonds. The Morgan fingerprint density at radius 1 is 1.26 bits per heavy atom. The van der Waals surface area contributed by atoms with Crippen LogP contribution < -0.4 is 0 Å². The Morgan fingerprint density at radius 2 is 1.95 bits per heavy atom. The van der Waals surface area contributed by atoms with Crippen LogP contribution in [0, 0.1) is 5.82 Å². The van der Waals surface area contributed by atoms with E-state index in [9.17, 15) is 14.0 Å². The second-order valence-electron chi connectivity index (χ2n) is 4.05. The summed E-state index contributed by atoms with van der Waals surface area (Å²) in [5.74, 6) is -1.79. The molecule has 19 heavy (non-hydrogen) atoms. The standard InChI is InChI=1S/C13H14FNO4/c14-11-4-2-1-3-10(11)13(17)19-9-12(16)15-5-7-18-8-6-15/h1-4H,5-9H2. The summed E-state index contributed by atoms with van der Waals surface area (Å²) < 4.78 is 23.2. The Morgan fingerprint density at radius 3 is 2.63 bits per heavy atom. The maximum atomic E-state index is 13.3. The highest BCUT2D eigenvalue weighted by molar-refractivity contribution is 5.91. The minimum absolute atomic E-state index is 0.169. The number of carbonyl (C=O) groups is 2. The van der Waals surface area contributed by atoms with Gasteiger partial charge in [0.1, 0.15) is 5.82 Å². The largest absolute Gasteiger partial charge is 0.452 e. The van der Waals surface area contributed by atoms with E-state index >= 15 is 0 Å². The van der Waals surface area contributed by atoms with Crippen LogP contribution in [0.25, 0.3) is 0 Å². The van der Waals surface area contributed by atoms with Crippen molar-refractivity contribution in [2.75, 3.05) is 32.9 Å². The van der Waals surface area contributed by atoms with Gasteiger partial charge in [0.25, 0.3) is 5.91 Å². The lowest BCUT2D eigenvalue weighted by Gasteiger charge is -2.26. The molecule has 1 aromatic carbocycles. The number of morpholine rings is 1. The molecule has 0 unspecified atom stereocenters. The smallest absolute Gasteiger partial charge is 0.341 e. The molecule has 0 N–H and O–H groups in total. The molecule has 2 rings (SSSR count). The van der Waals surface area contributed by atoms with E-state index in [1.165, 1.54) is 24.3 Å². The van der Waals surface area contributed by atoms with Crippen LogP contribution in [0.4, 0.5) is 4.39 Å². The Labute approximate surface area is 109 Å². The van der Waals surface area contributed by atoms with E-state index < -0.39 is 11.8 Å². The van der Waals surface area contributed by atoms with Gasteiger partial charge in [0.2, 0.25) is 0 Å². The number of amides is 1. The van der Waals surface area contributed by atoms with Gasteiger partial charge in [0, 0.05) is 13.1 Å². The van der Waals surface area contributed by atoms with Crippen LogP contribution in [0.15, 0.2) is 24.3 Å². The molecule has 1 aliphatic rings. The third-order valence-electron chi connectivity index (χ3n) is 2.78. The van der Waals surface area contributed by atoms with Crippen LogP contribution in [0.1, 0.15) is 10.4 Å². The summed E-state index contributed by atoms with van der Waals surface area (Å²) in [5, 5.41) is 0. The summed E-state index contributed by atoms with van der Waals surface area (Å²) in [6.45, 7) is 1.54. The fourth-order valence-electron chi connectivity index (χ4n) is 1.74. The summed E-state index contributed by atoms with van der Waals surface area (Å²) in [6, 6.07) is 5.49. The fraction of sp³-hybridized carbons (Fsp3) is 0.385. The van der Waals surface area contributed by atoms with Crippen molar-refractivity contribution in [1.82, 2.24) is 4.90 Å². The summed E-state index contributed by atoms with van der Waals surface area (Å²) in [4.78, 5) is 24.9. The van der Waals surface area contributed by atoms with E-state index in [0.29, 0.717) is 26.3 Å². The zero-order valence-corrected chi connectivity index (χ0v) is 10.3. The zero-order chi connectivity index (χ0) is 13.7. The van der Waals surface area contributed by atoms with Crippen molar-refractivity contribution in [3.63, 3.8) is 0 Å². The molecule has 0 spiro atoms. The Kier molecular flexibility index (Phi) is 4.46. The van der Waals surface area contributed by atoms with Crippen molar-refractivity contribution in [1.29, 1.82) is 0 Å². The maximum absolute atomic E-state index is 13.3. The number of carbonyl (C=O) groups excluding carboxylic acids is 2. The molecule has 0 bridgehead atoms. The van der Waals surface area contributed by atoms with Crippen molar-refractivity contribution in [2.24, 2.45) is 0 Å². The van der Waals surface area contributed by atoms with Gasteiger partial charge in [-0.1, -0.05) is 12.1 Å². The molecule has 1 heterocycles. The summed E-state index contributed by atoms with van der Waals surface area (Å²) in [7, 11) is 0. The average Bonchev–Trinajstić information content (AvgIpc) is 2.46. The van der Waals surface area contributed by atoms with Gasteiger partial charge in [-0.25, -0.2) is 9.18 Å². The number of hydrogen-bond acceptors (Lipinski definition) is 4. The maximum Gasteiger partial charge on any atom is 0.341 e. The molecular weight excluding hydrogens is 253 g/mol. The monoisotopic (exact) mass is 267 g/mol. The fourth-order valence-corrected chi connectivity index (χ4v) is 1.74. The highest BCUT2D eigenvalue weighted by atomic mass is 19.1. The zero-order valence-electron chi connectivity index (χ0n) is 10.3. The molecule has 0 aromatic heterocycles. The molecule has 0 radical (unpaired) electrons. The molecule has 102 valence electrons. The van der Waals surface area contributed by atoms with Gasteiger partial charge in [-0.2, -0.15) is 0 Å². The molecule has 1 aromatic rings. The Hall–Kier alpha value is -1.95. The van der Waals surface area contributed by atoms with Gasteiger partial charge in [-0.05, 0) is 12.1 Å². The second kappa shape index (κ2) is 6.29. The van der Waals surface area contributed by atoms with E-state index in [1.54, 1.807) is 4.90 Å². The number of nitrogens with zero attached hydrogens (tertiary/aromatic N) is 1. The van der Waals surface area contributed by atoms with E-state index in [4.69, 9.17) is 9.47 Å². The minimum atomic E-state index is -0.834. The number of ether oxygens (including phenoxy) is 2. The highest BCUT2D eigenvalue weighted by Crippen LogP contribution is 2.08. The molecule has 1 aliphatic heterocycles. The third kappa shape index (κ3) is 3.51. The van der Waals surface area contributed by atoms with Crippen LogP contribution >= 0.6 is 0 Å². The molecule has 0 aliphatic carbocycles. The Bertz CT molecular complexity index is 471. The predicted octanol–water partition coefficient (Wildman–Crippen LogP) is 0.841. The van der Waals surface area contributed by atoms with E-state index in [1.807, 2.05) is 0 Å².